The fourth-order valence-corrected chi connectivity index (χ4v) is 3.50. The summed E-state index contributed by atoms with van der Waals surface area (Å²) in [4.78, 5) is 19.9. The monoisotopic (exact) mass is 463 g/mol. The van der Waals surface area contributed by atoms with E-state index in [1.807, 2.05) is 18.2 Å². The number of H-pyrrole nitrogens is 1. The fourth-order valence-electron chi connectivity index (χ4n) is 3.03. The summed E-state index contributed by atoms with van der Waals surface area (Å²) in [6.45, 7) is 0.271. The third kappa shape index (κ3) is 4.59. The first kappa shape index (κ1) is 20.7. The molecular weight excluding hydrogens is 449 g/mol. The van der Waals surface area contributed by atoms with E-state index in [1.54, 1.807) is 25.6 Å². The van der Waals surface area contributed by atoms with Crippen LogP contribution in [0.3, 0.4) is 0 Å². The van der Waals surface area contributed by atoms with E-state index in [-0.39, 0.29) is 12.5 Å². The lowest BCUT2D eigenvalue weighted by molar-refractivity contribution is 0.194. The number of allylic oxidation sites excluding steroid dienone is 3. The lowest BCUT2D eigenvalue weighted by Gasteiger charge is -2.22. The minimum Gasteiger partial charge on any atom is -0.500 e. The number of nitrogens with one attached hydrogen (secondary N) is 1. The van der Waals surface area contributed by atoms with Crippen LogP contribution < -0.4 is 0 Å². The molecule has 0 saturated heterocycles. The summed E-state index contributed by atoms with van der Waals surface area (Å²) in [6.07, 6.45) is 9.13. The van der Waals surface area contributed by atoms with Crippen molar-refractivity contribution in [2.75, 3.05) is 7.11 Å². The highest BCUT2D eigenvalue weighted by atomic mass is 35.5. The first-order chi connectivity index (χ1) is 14.5. The summed E-state index contributed by atoms with van der Waals surface area (Å²) in [5, 5.41) is 1.13. The van der Waals surface area contributed by atoms with Gasteiger partial charge in [0.1, 0.15) is 34.3 Å². The number of aromatic amines is 1. The van der Waals surface area contributed by atoms with Crippen molar-refractivity contribution in [2.24, 2.45) is 0 Å². The van der Waals surface area contributed by atoms with Gasteiger partial charge in [-0.15, -0.1) is 0 Å². The van der Waals surface area contributed by atoms with E-state index in [0.717, 1.165) is 11.3 Å². The predicted octanol–water partition coefficient (Wildman–Crippen LogP) is 5.34. The number of nitrogens with zero attached hydrogens (tertiary/aromatic N) is 4. The van der Waals surface area contributed by atoms with Crippen molar-refractivity contribution in [3.8, 4) is 11.4 Å². The van der Waals surface area contributed by atoms with Gasteiger partial charge in [-0.25, -0.2) is 15.0 Å². The van der Waals surface area contributed by atoms with Gasteiger partial charge in [0.25, 0.3) is 0 Å². The average Bonchev–Trinajstić information content (AvgIpc) is 3.15. The Bertz CT molecular complexity index is 1090. The quantitative estimate of drug-likeness (QED) is 0.496. The zero-order chi connectivity index (χ0) is 21.1. The maximum Gasteiger partial charge on any atom is 0.151 e. The molecule has 0 saturated carbocycles. The van der Waals surface area contributed by atoms with Crippen LogP contribution in [0.2, 0.25) is 15.5 Å². The Morgan fingerprint density at radius 3 is 2.60 bits per heavy atom. The van der Waals surface area contributed by atoms with Crippen LogP contribution >= 0.6 is 34.8 Å². The third-order valence-corrected chi connectivity index (χ3v) is 5.22. The van der Waals surface area contributed by atoms with Crippen LogP contribution in [-0.2, 0) is 16.1 Å². The molecule has 0 radical (unpaired) electrons. The van der Waals surface area contributed by atoms with Gasteiger partial charge in [0.05, 0.1) is 36.8 Å². The second-order valence-corrected chi connectivity index (χ2v) is 7.56. The Morgan fingerprint density at radius 1 is 1.07 bits per heavy atom. The Kier molecular flexibility index (Phi) is 6.22. The number of methoxy groups -OCH3 is 1. The first-order valence-corrected chi connectivity index (χ1v) is 10.1. The number of ether oxygens (including phenoxy) is 2. The van der Waals surface area contributed by atoms with E-state index >= 15 is 0 Å². The lowest BCUT2D eigenvalue weighted by atomic mass is 9.94. The molecule has 0 spiro atoms. The summed E-state index contributed by atoms with van der Waals surface area (Å²) in [7, 11) is 1.61. The number of hydrogen-bond donors (Lipinski definition) is 1. The largest absolute Gasteiger partial charge is 0.500 e. The second kappa shape index (κ2) is 9.04. The van der Waals surface area contributed by atoms with Crippen LogP contribution in [0.1, 0.15) is 23.7 Å². The highest BCUT2D eigenvalue weighted by Gasteiger charge is 2.26. The van der Waals surface area contributed by atoms with Gasteiger partial charge in [-0.3, -0.25) is 4.98 Å². The fraction of sp³-hybridized carbons (Fsp3) is 0.200. The molecule has 3 aromatic heterocycles. The number of halogens is 3. The summed E-state index contributed by atoms with van der Waals surface area (Å²) < 4.78 is 11.4. The van der Waals surface area contributed by atoms with Gasteiger partial charge in [-0.2, -0.15) is 0 Å². The number of imidazole rings is 1. The predicted molar refractivity (Wildman–Crippen MR) is 114 cm³/mol. The molecule has 1 N–H and O–H groups in total. The highest BCUT2D eigenvalue weighted by Crippen LogP contribution is 2.37. The van der Waals surface area contributed by atoms with E-state index < -0.39 is 0 Å². The van der Waals surface area contributed by atoms with Crippen molar-refractivity contribution >= 4 is 34.8 Å². The van der Waals surface area contributed by atoms with Crippen molar-refractivity contribution in [2.45, 2.75) is 18.9 Å². The molecule has 1 aliphatic rings. The molecule has 0 bridgehead atoms. The molecule has 7 nitrogen and oxygen atoms in total. The van der Waals surface area contributed by atoms with Crippen molar-refractivity contribution in [3.63, 3.8) is 0 Å². The minimum absolute atomic E-state index is 0.119. The summed E-state index contributed by atoms with van der Waals surface area (Å²) in [6, 6.07) is 3.53. The molecule has 4 rings (SSSR count). The van der Waals surface area contributed by atoms with Crippen molar-refractivity contribution in [1.82, 2.24) is 24.9 Å². The van der Waals surface area contributed by atoms with Crippen molar-refractivity contribution < 1.29 is 9.47 Å². The number of rotatable bonds is 6. The molecule has 1 unspecified atom stereocenters. The van der Waals surface area contributed by atoms with Gasteiger partial charge >= 0.3 is 0 Å². The summed E-state index contributed by atoms with van der Waals surface area (Å²) >= 11 is 18.0. The van der Waals surface area contributed by atoms with Crippen molar-refractivity contribution in [3.05, 3.63) is 81.2 Å². The number of aromatic nitrogens is 5. The Balaban J connectivity index is 1.50. The molecule has 3 heterocycles. The SMILES string of the molecule is COC1=CC(OCc2cnc(Cl)cn2)=CCC1c1[nH]c(-c2ccc(Cl)nc2)nc1Cl. The lowest BCUT2D eigenvalue weighted by Crippen LogP contribution is -2.10. The normalized spacial score (nSPS) is 16.1. The highest BCUT2D eigenvalue weighted by molar-refractivity contribution is 6.30. The molecule has 1 aliphatic carbocycles. The Morgan fingerprint density at radius 2 is 1.90 bits per heavy atom. The van der Waals surface area contributed by atoms with Crippen LogP contribution in [0.15, 0.2) is 54.4 Å². The van der Waals surface area contributed by atoms with Gasteiger partial charge < -0.3 is 14.5 Å². The van der Waals surface area contributed by atoms with E-state index in [4.69, 9.17) is 44.3 Å². The van der Waals surface area contributed by atoms with Gasteiger partial charge in [-0.1, -0.05) is 34.8 Å². The number of hydrogen-bond acceptors (Lipinski definition) is 6. The summed E-state index contributed by atoms with van der Waals surface area (Å²) in [5.41, 5.74) is 2.22. The maximum absolute atomic E-state index is 6.42. The van der Waals surface area contributed by atoms with Crippen LogP contribution in [0.5, 0.6) is 0 Å². The second-order valence-electron chi connectivity index (χ2n) is 6.42. The van der Waals surface area contributed by atoms with Crippen molar-refractivity contribution in [1.29, 1.82) is 0 Å². The number of pyridine rings is 1. The third-order valence-electron chi connectivity index (χ3n) is 4.51. The van der Waals surface area contributed by atoms with Crippen LogP contribution in [-0.4, -0.2) is 32.0 Å². The van der Waals surface area contributed by atoms with Gasteiger partial charge in [-0.05, 0) is 24.6 Å². The maximum atomic E-state index is 6.42. The first-order valence-electron chi connectivity index (χ1n) is 8.95. The average molecular weight is 465 g/mol. The molecule has 1 atom stereocenters. The minimum atomic E-state index is -0.119. The summed E-state index contributed by atoms with van der Waals surface area (Å²) in [5.74, 6) is 1.88. The van der Waals surface area contributed by atoms with E-state index in [2.05, 4.69) is 24.9 Å². The molecule has 3 aromatic rings. The Hall–Kier alpha value is -2.61. The van der Waals surface area contributed by atoms with Crippen LogP contribution in [0.4, 0.5) is 0 Å². The molecule has 0 aliphatic heterocycles. The van der Waals surface area contributed by atoms with Gasteiger partial charge in [0.15, 0.2) is 5.15 Å². The van der Waals surface area contributed by atoms with E-state index in [1.165, 1.54) is 6.20 Å². The smallest absolute Gasteiger partial charge is 0.151 e. The molecule has 0 fully saturated rings. The van der Waals surface area contributed by atoms with E-state index in [0.29, 0.717) is 44.9 Å². The van der Waals surface area contributed by atoms with Crippen LogP contribution in [0.25, 0.3) is 11.4 Å². The topological polar surface area (TPSA) is 85.8 Å². The zero-order valence-electron chi connectivity index (χ0n) is 15.8. The Labute approximate surface area is 187 Å². The van der Waals surface area contributed by atoms with E-state index in [9.17, 15) is 0 Å². The molecule has 154 valence electrons. The molecule has 30 heavy (non-hydrogen) atoms. The molecule has 0 amide bonds. The standard InChI is InChI=1S/C20H16Cl3N5O2/c1-29-15-6-13(30-10-12-8-26-17(22)9-24-12)3-4-14(15)18-19(23)28-20(27-18)11-2-5-16(21)25-7-11/h2-3,5-9,14H,4,10H2,1H3,(H,27,28). The zero-order valence-corrected chi connectivity index (χ0v) is 18.0. The van der Waals surface area contributed by atoms with Gasteiger partial charge in [0, 0.05) is 17.8 Å². The van der Waals surface area contributed by atoms with Crippen LogP contribution in [0, 0.1) is 0 Å². The molecular formula is C20H16Cl3N5O2. The molecule has 0 aromatic carbocycles. The van der Waals surface area contributed by atoms with Gasteiger partial charge in [0.2, 0.25) is 0 Å². The molecule has 10 heteroatoms.